The number of unbranched alkanes of at least 4 members (excludes halogenated alkanes) is 1. The lowest BCUT2D eigenvalue weighted by Crippen LogP contribution is -2.65. The molecule has 0 aromatic carbocycles. The Balaban J connectivity index is 1.60. The minimum Gasteiger partial charge on any atom is -0.466 e. The summed E-state index contributed by atoms with van der Waals surface area (Å²) in [4.78, 5) is 64.4. The van der Waals surface area contributed by atoms with Crippen LogP contribution in [0.1, 0.15) is 99.3 Å². The molecule has 0 amide bonds. The van der Waals surface area contributed by atoms with Crippen molar-refractivity contribution in [1.29, 1.82) is 0 Å². The van der Waals surface area contributed by atoms with Crippen molar-refractivity contribution >= 4 is 29.8 Å². The number of ether oxygens (including phenoxy) is 8. The van der Waals surface area contributed by atoms with Gasteiger partial charge in [-0.05, 0) is 19.3 Å². The lowest BCUT2D eigenvalue weighted by Gasteiger charge is -2.53. The molecule has 3 saturated heterocycles. The van der Waals surface area contributed by atoms with Gasteiger partial charge in [0.1, 0.15) is 18.3 Å². The maximum absolute atomic E-state index is 13.3. The average molecular weight is 875 g/mol. The molecule has 4 N–H and O–H groups in total. The second-order valence-corrected chi connectivity index (χ2v) is 17.8. The van der Waals surface area contributed by atoms with Gasteiger partial charge in [-0.15, -0.1) is 0 Å². The molecule has 0 saturated carbocycles. The maximum Gasteiger partial charge on any atom is 0.331 e. The molecule has 17 nitrogen and oxygen atoms in total. The van der Waals surface area contributed by atoms with Crippen molar-refractivity contribution < 1.29 is 82.3 Å². The number of methoxy groups -OCH3 is 1. The average Bonchev–Trinajstić information content (AvgIpc) is 3.58. The van der Waals surface area contributed by atoms with Crippen LogP contribution in [0.5, 0.6) is 0 Å². The highest BCUT2D eigenvalue weighted by Gasteiger charge is 2.63. The smallest absolute Gasteiger partial charge is 0.331 e. The number of hydrogen-bond donors (Lipinski definition) is 4. The van der Waals surface area contributed by atoms with Crippen molar-refractivity contribution in [3.05, 3.63) is 59.8 Å². The number of aliphatic hydroxyl groups excluding tert-OH is 2. The van der Waals surface area contributed by atoms with Gasteiger partial charge in [0.25, 0.3) is 0 Å². The van der Waals surface area contributed by atoms with Crippen molar-refractivity contribution in [1.82, 2.24) is 0 Å². The van der Waals surface area contributed by atoms with E-state index in [-0.39, 0.29) is 44.1 Å². The lowest BCUT2D eigenvalue weighted by atomic mass is 9.70. The Morgan fingerprint density at radius 1 is 0.935 bits per heavy atom. The minimum atomic E-state index is -2.46. The molecule has 0 unspecified atom stereocenters. The molecule has 62 heavy (non-hydrogen) atoms. The third kappa shape index (κ3) is 11.3. The van der Waals surface area contributed by atoms with Crippen LogP contribution in [-0.2, 0) is 61.9 Å². The van der Waals surface area contributed by atoms with Crippen molar-refractivity contribution in [2.75, 3.05) is 13.7 Å². The Morgan fingerprint density at radius 3 is 2.35 bits per heavy atom. The molecule has 0 aromatic rings. The van der Waals surface area contributed by atoms with Crippen LogP contribution in [0, 0.1) is 10.8 Å². The van der Waals surface area contributed by atoms with Gasteiger partial charge in [0.15, 0.2) is 18.0 Å². The summed E-state index contributed by atoms with van der Waals surface area (Å²) < 4.78 is 47.0. The van der Waals surface area contributed by atoms with E-state index in [0.29, 0.717) is 5.57 Å². The summed E-state index contributed by atoms with van der Waals surface area (Å²) in [5.74, 6) is -8.31. The Morgan fingerprint density at radius 2 is 1.68 bits per heavy atom. The van der Waals surface area contributed by atoms with E-state index in [1.807, 2.05) is 13.0 Å². The molecular weight excluding hydrogens is 812 g/mol. The highest BCUT2D eigenvalue weighted by atomic mass is 16.7. The van der Waals surface area contributed by atoms with Gasteiger partial charge in [0.2, 0.25) is 5.79 Å². The highest BCUT2D eigenvalue weighted by Crippen LogP contribution is 2.51. The SMILES string of the molecule is CCC/C=C/C=C/C(=O)O[C@H]1C2=CC(=O)O[C@H]2[C@H]2C[C@H](CO)OC(=O)C[C@H](O)C[C@@H]3C[C@H](OC(C)=O)C(C)(C)[C@](O)(C[C@@H]4C/C(=C/C(=O)OC)C[C@H](/C=C/C(C)(C)[C@]1(O)O2)O4)O3. The van der Waals surface area contributed by atoms with Gasteiger partial charge < -0.3 is 58.3 Å². The standard InChI is InChI=1S/C45H62O17/c1-8-9-10-11-12-13-36(49)60-41-33-23-39(52)59-40(33)34-21-32(25-46)58-38(51)20-28(48)19-30-22-35(56-26(2)47)43(5,6)44(53,61-30)24-31-17-27(18-37(50)55-7)16-29(57-31)14-15-42(3,4)45(41,54)62-34/h10-15,18,23,28-32,34-35,40-41,46,48,53-54H,8-9,16-17,19-22,24-25H2,1-7H3/b11-10+,13-12+,15-14+,27-18+/t28-,29+,30-,31+,32-,34-,35+,40-,41+,44+,45-/m1/s1. The topological polar surface area (TPSA) is 240 Å². The van der Waals surface area contributed by atoms with Gasteiger partial charge in [-0.25, -0.2) is 14.4 Å². The maximum atomic E-state index is 13.3. The Labute approximate surface area is 361 Å². The largest absolute Gasteiger partial charge is 0.466 e. The third-order valence-corrected chi connectivity index (χ3v) is 12.2. The summed E-state index contributed by atoms with van der Waals surface area (Å²) in [5, 5.41) is 46.8. The van der Waals surface area contributed by atoms with E-state index < -0.39 is 120 Å². The van der Waals surface area contributed by atoms with E-state index in [1.165, 1.54) is 26.2 Å². The number of aliphatic hydroxyl groups is 4. The van der Waals surface area contributed by atoms with Gasteiger partial charge in [-0.3, -0.25) is 9.59 Å². The van der Waals surface area contributed by atoms with E-state index in [1.54, 1.807) is 45.9 Å². The molecule has 0 radical (unpaired) electrons. The molecule has 5 heterocycles. The Hall–Kier alpha value is -4.23. The molecule has 0 aromatic heterocycles. The quantitative estimate of drug-likeness (QED) is 0.0900. The number of fused-ring (bicyclic) bond motifs is 8. The van der Waals surface area contributed by atoms with Crippen LogP contribution in [0.4, 0.5) is 0 Å². The fourth-order valence-electron chi connectivity index (χ4n) is 8.66. The van der Waals surface area contributed by atoms with Crippen LogP contribution in [0.2, 0.25) is 0 Å². The number of esters is 5. The first-order chi connectivity index (χ1) is 29.1. The summed E-state index contributed by atoms with van der Waals surface area (Å²) in [6.45, 7) is 9.07. The minimum absolute atomic E-state index is 0.0697. The first-order valence-electron chi connectivity index (χ1n) is 21.2. The van der Waals surface area contributed by atoms with E-state index in [9.17, 15) is 44.4 Å². The summed E-state index contributed by atoms with van der Waals surface area (Å²) in [6.07, 6.45) is 2.45. The van der Waals surface area contributed by atoms with Gasteiger partial charge in [0.05, 0.1) is 50.0 Å². The highest BCUT2D eigenvalue weighted by molar-refractivity contribution is 5.87. The third-order valence-electron chi connectivity index (χ3n) is 12.2. The second-order valence-electron chi connectivity index (χ2n) is 17.8. The number of rotatable bonds is 8. The van der Waals surface area contributed by atoms with Crippen molar-refractivity contribution in [3.8, 4) is 0 Å². The number of carbonyl (C=O) groups excluding carboxylic acids is 5. The van der Waals surface area contributed by atoms with Crippen LogP contribution >= 0.6 is 0 Å². The predicted molar refractivity (Wildman–Crippen MR) is 217 cm³/mol. The Kier molecular flexibility index (Phi) is 15.8. The van der Waals surface area contributed by atoms with E-state index in [0.717, 1.165) is 25.0 Å². The van der Waals surface area contributed by atoms with Crippen LogP contribution in [-0.4, -0.2) is 130 Å². The zero-order valence-corrected chi connectivity index (χ0v) is 36.5. The molecule has 11 atom stereocenters. The predicted octanol–water partition coefficient (Wildman–Crippen LogP) is 3.25. The molecule has 5 aliphatic rings. The Bertz CT molecular complexity index is 1830. The van der Waals surface area contributed by atoms with E-state index >= 15 is 0 Å². The molecular formula is C45H62O17. The van der Waals surface area contributed by atoms with Gasteiger partial charge >= 0.3 is 29.8 Å². The molecule has 344 valence electrons. The van der Waals surface area contributed by atoms with Crippen molar-refractivity contribution in [3.63, 3.8) is 0 Å². The first kappa shape index (κ1) is 48.8. The van der Waals surface area contributed by atoms with Gasteiger partial charge in [-0.1, -0.05) is 77.0 Å². The normalized spacial score (nSPS) is 37.4. The molecule has 0 aliphatic carbocycles. The summed E-state index contributed by atoms with van der Waals surface area (Å²) in [5.41, 5.74) is -2.07. The van der Waals surface area contributed by atoms with Crippen LogP contribution < -0.4 is 0 Å². The molecule has 6 bridgehead atoms. The monoisotopic (exact) mass is 874 g/mol. The lowest BCUT2D eigenvalue weighted by molar-refractivity contribution is -0.348. The first-order valence-corrected chi connectivity index (χ1v) is 21.2. The number of cyclic esters (lactones) is 1. The van der Waals surface area contributed by atoms with Crippen LogP contribution in [0.15, 0.2) is 59.8 Å². The number of hydrogen-bond acceptors (Lipinski definition) is 17. The van der Waals surface area contributed by atoms with Crippen LogP contribution in [0.25, 0.3) is 0 Å². The summed E-state index contributed by atoms with van der Waals surface area (Å²) >= 11 is 0. The van der Waals surface area contributed by atoms with Crippen molar-refractivity contribution in [2.24, 2.45) is 10.8 Å². The second kappa shape index (κ2) is 20.1. The zero-order chi connectivity index (χ0) is 45.6. The fraction of sp³-hybridized carbons (Fsp3) is 0.667. The summed E-state index contributed by atoms with van der Waals surface area (Å²) in [7, 11) is 1.24. The zero-order valence-electron chi connectivity index (χ0n) is 36.5. The van der Waals surface area contributed by atoms with Crippen LogP contribution in [0.3, 0.4) is 0 Å². The fourth-order valence-corrected chi connectivity index (χ4v) is 8.66. The van der Waals surface area contributed by atoms with Crippen molar-refractivity contribution in [2.45, 2.75) is 166 Å². The number of allylic oxidation sites excluding steroid dienone is 3. The molecule has 5 aliphatic heterocycles. The van der Waals surface area contributed by atoms with E-state index in [4.69, 9.17) is 37.9 Å². The van der Waals surface area contributed by atoms with Gasteiger partial charge in [0, 0.05) is 61.8 Å². The number of carbonyl (C=O) groups is 5. The molecule has 17 heteroatoms. The molecule has 3 fully saturated rings. The summed E-state index contributed by atoms with van der Waals surface area (Å²) in [6, 6.07) is 0. The van der Waals surface area contributed by atoms with Gasteiger partial charge in [-0.2, -0.15) is 0 Å². The molecule has 5 rings (SSSR count). The van der Waals surface area contributed by atoms with E-state index in [2.05, 4.69) is 0 Å². The molecule has 0 spiro atoms.